The normalized spacial score (nSPS) is 15.1. The molecule has 5 aromatic rings. The van der Waals surface area contributed by atoms with Crippen LogP contribution in [0.25, 0.3) is 22.1 Å². The third kappa shape index (κ3) is 3.68. The molecular weight excluding hydrogens is 536 g/mol. The lowest BCUT2D eigenvalue weighted by molar-refractivity contribution is -0.145. The first-order valence-electron chi connectivity index (χ1n) is 13.4. The smallest absolute Gasteiger partial charge is 0.303 e. The van der Waals surface area contributed by atoms with Crippen LogP contribution in [-0.2, 0) is 19.1 Å². The van der Waals surface area contributed by atoms with Crippen LogP contribution < -0.4 is 19.7 Å². The maximum atomic E-state index is 11.8. The summed E-state index contributed by atoms with van der Waals surface area (Å²) in [6.45, 7) is 6.03. The average Bonchev–Trinajstić information content (AvgIpc) is 2.98. The van der Waals surface area contributed by atoms with Crippen LogP contribution in [0, 0.1) is 0 Å². The Morgan fingerprint density at radius 1 is 0.929 bits per heavy atom. The molecule has 0 saturated heterocycles. The third-order valence-electron chi connectivity index (χ3n) is 7.83. The number of hydrogen-bond donors (Lipinski definition) is 1. The largest absolute Gasteiger partial charge is 0.458 e. The van der Waals surface area contributed by atoms with Crippen LogP contribution in [0.1, 0.15) is 49.5 Å². The molecule has 1 aromatic heterocycles. The van der Waals surface area contributed by atoms with Gasteiger partial charge >= 0.3 is 5.97 Å². The van der Waals surface area contributed by atoms with Gasteiger partial charge in [0.2, 0.25) is 0 Å². The van der Waals surface area contributed by atoms with E-state index in [9.17, 15) is 14.4 Å². The monoisotopic (exact) mass is 560 g/mol. The average molecular weight is 561 g/mol. The summed E-state index contributed by atoms with van der Waals surface area (Å²) in [4.78, 5) is 46.9. The van der Waals surface area contributed by atoms with E-state index in [0.717, 1.165) is 33.9 Å². The van der Waals surface area contributed by atoms with Gasteiger partial charge in [0.05, 0.1) is 39.3 Å². The molecule has 10 heteroatoms. The first kappa shape index (κ1) is 25.5. The van der Waals surface area contributed by atoms with Crippen LogP contribution in [0.15, 0.2) is 60.7 Å². The molecular formula is C32H24N4O6. The molecule has 2 aliphatic heterocycles. The summed E-state index contributed by atoms with van der Waals surface area (Å²) < 4.78 is 16.3. The highest BCUT2D eigenvalue weighted by molar-refractivity contribution is 6.07. The fourth-order valence-electron chi connectivity index (χ4n) is 6.15. The van der Waals surface area contributed by atoms with Crippen LogP contribution in [0.4, 0.5) is 28.4 Å². The number of para-hydroxylation sites is 3. The van der Waals surface area contributed by atoms with Gasteiger partial charge in [-0.2, -0.15) is 0 Å². The Morgan fingerprint density at radius 3 is 2.48 bits per heavy atom. The lowest BCUT2D eigenvalue weighted by Gasteiger charge is -2.42. The van der Waals surface area contributed by atoms with Gasteiger partial charge in [0, 0.05) is 30.0 Å². The molecule has 42 heavy (non-hydrogen) atoms. The molecule has 0 aliphatic carbocycles. The number of nitrogens with zero attached hydrogens (tertiary/aromatic N) is 3. The molecule has 0 bridgehead atoms. The van der Waals surface area contributed by atoms with E-state index in [0.29, 0.717) is 52.0 Å². The van der Waals surface area contributed by atoms with Crippen molar-refractivity contribution >= 4 is 69.4 Å². The Balaban J connectivity index is 1.57. The van der Waals surface area contributed by atoms with Gasteiger partial charge in [-0.25, -0.2) is 9.97 Å². The highest BCUT2D eigenvalue weighted by Crippen LogP contribution is 2.59. The quantitative estimate of drug-likeness (QED) is 0.138. The predicted molar refractivity (Wildman–Crippen MR) is 156 cm³/mol. The van der Waals surface area contributed by atoms with E-state index in [1.54, 1.807) is 19.1 Å². The number of aromatic nitrogens is 2. The number of fused-ring (bicyclic) bond motifs is 7. The third-order valence-corrected chi connectivity index (χ3v) is 7.83. The summed E-state index contributed by atoms with van der Waals surface area (Å²) in [7, 11) is 0. The fourth-order valence-corrected chi connectivity index (χ4v) is 6.15. The summed E-state index contributed by atoms with van der Waals surface area (Å²) >= 11 is 0. The van der Waals surface area contributed by atoms with Crippen molar-refractivity contribution in [2.45, 2.75) is 32.8 Å². The lowest BCUT2D eigenvalue weighted by atomic mass is 9.83. The Kier molecular flexibility index (Phi) is 5.79. The van der Waals surface area contributed by atoms with E-state index in [4.69, 9.17) is 24.2 Å². The number of anilines is 5. The first-order valence-corrected chi connectivity index (χ1v) is 13.4. The van der Waals surface area contributed by atoms with Crippen LogP contribution in [-0.4, -0.2) is 28.9 Å². The number of ether oxygens (including phenoxy) is 3. The van der Waals surface area contributed by atoms with E-state index in [1.165, 1.54) is 6.92 Å². The maximum Gasteiger partial charge on any atom is 0.303 e. The summed E-state index contributed by atoms with van der Waals surface area (Å²) in [5.41, 5.74) is 8.67. The number of esters is 1. The molecule has 208 valence electrons. The van der Waals surface area contributed by atoms with E-state index in [-0.39, 0.29) is 11.7 Å². The van der Waals surface area contributed by atoms with Crippen molar-refractivity contribution in [3.05, 3.63) is 77.4 Å². The zero-order valence-electron chi connectivity index (χ0n) is 22.9. The standard InChI is InChI=1S/C32H24N4O6/c1-16-19-7-4-10-22-32(19)36(23-11-6-12-25(40-14-37)29(23)34-22)24-13-26(41-15-38)30-31(27(16)24)35-28-20(17(2)42-18(3)39)8-5-9-21(28)33-30/h4-17,34H,1-3H3. The summed E-state index contributed by atoms with van der Waals surface area (Å²) in [6, 6.07) is 18.8. The second kappa shape index (κ2) is 9.55. The molecule has 2 unspecified atom stereocenters. The van der Waals surface area contributed by atoms with Gasteiger partial charge in [-0.3, -0.25) is 14.4 Å². The number of rotatable bonds is 6. The van der Waals surface area contributed by atoms with Gasteiger partial charge in [0.25, 0.3) is 12.9 Å². The molecule has 0 spiro atoms. The second-order valence-electron chi connectivity index (χ2n) is 10.2. The van der Waals surface area contributed by atoms with E-state index < -0.39 is 12.1 Å². The van der Waals surface area contributed by atoms with Crippen molar-refractivity contribution in [3.8, 4) is 11.5 Å². The Bertz CT molecular complexity index is 1970. The maximum absolute atomic E-state index is 11.8. The van der Waals surface area contributed by atoms with Crippen molar-refractivity contribution in [2.24, 2.45) is 0 Å². The summed E-state index contributed by atoms with van der Waals surface area (Å²) in [6.07, 6.45) is -0.555. The Morgan fingerprint density at radius 2 is 1.69 bits per heavy atom. The minimum atomic E-state index is -0.555. The molecule has 0 saturated carbocycles. The Labute approximate surface area is 239 Å². The molecule has 1 N–H and O–H groups in total. The minimum Gasteiger partial charge on any atom is -0.458 e. The summed E-state index contributed by atoms with van der Waals surface area (Å²) in [5, 5.41) is 3.44. The van der Waals surface area contributed by atoms with Crippen molar-refractivity contribution in [2.75, 3.05) is 10.2 Å². The number of carbonyl (C=O) groups excluding carboxylic acids is 3. The molecule has 3 heterocycles. The van der Waals surface area contributed by atoms with Gasteiger partial charge in [-0.1, -0.05) is 37.3 Å². The number of benzene rings is 4. The zero-order valence-corrected chi connectivity index (χ0v) is 22.9. The van der Waals surface area contributed by atoms with Crippen LogP contribution in [0.3, 0.4) is 0 Å². The van der Waals surface area contributed by atoms with Gasteiger partial charge < -0.3 is 24.4 Å². The number of carbonyl (C=O) groups is 3. The SMILES string of the molecule is CC(=O)OC(C)c1cccc2nc3c(OC=O)cc4c(c3nc12)C(C)c1cccc2c1N4c1cccc(OC=O)c1N2. The zero-order chi connectivity index (χ0) is 29.1. The molecule has 0 fully saturated rings. The number of nitrogens with one attached hydrogen (secondary N) is 1. The fraction of sp³-hybridized carbons (Fsp3) is 0.156. The predicted octanol–water partition coefficient (Wildman–Crippen LogP) is 6.47. The van der Waals surface area contributed by atoms with Crippen LogP contribution in [0.5, 0.6) is 11.5 Å². The summed E-state index contributed by atoms with van der Waals surface area (Å²) in [5.74, 6) is 0.101. The van der Waals surface area contributed by atoms with Gasteiger partial charge in [0.15, 0.2) is 11.5 Å². The highest BCUT2D eigenvalue weighted by atomic mass is 16.5. The topological polar surface area (TPSA) is 120 Å². The first-order chi connectivity index (χ1) is 20.4. The van der Waals surface area contributed by atoms with Crippen LogP contribution >= 0.6 is 0 Å². The lowest BCUT2D eigenvalue weighted by Crippen LogP contribution is -2.26. The number of hydrogen-bond acceptors (Lipinski definition) is 10. The van der Waals surface area contributed by atoms with E-state index in [1.807, 2.05) is 42.5 Å². The van der Waals surface area contributed by atoms with Crippen molar-refractivity contribution in [1.82, 2.24) is 9.97 Å². The van der Waals surface area contributed by atoms with Gasteiger partial charge in [0.1, 0.15) is 17.3 Å². The van der Waals surface area contributed by atoms with E-state index >= 15 is 0 Å². The van der Waals surface area contributed by atoms with Crippen molar-refractivity contribution in [3.63, 3.8) is 0 Å². The molecule has 0 radical (unpaired) electrons. The molecule has 10 nitrogen and oxygen atoms in total. The highest BCUT2D eigenvalue weighted by Gasteiger charge is 2.38. The minimum absolute atomic E-state index is 0.124. The second-order valence-corrected chi connectivity index (χ2v) is 10.2. The molecule has 2 atom stereocenters. The Hall–Kier alpha value is -5.51. The molecule has 4 aromatic carbocycles. The molecule has 7 rings (SSSR count). The van der Waals surface area contributed by atoms with E-state index in [2.05, 4.69) is 23.2 Å². The van der Waals surface area contributed by atoms with Gasteiger partial charge in [-0.15, -0.1) is 0 Å². The van der Waals surface area contributed by atoms with Crippen LogP contribution in [0.2, 0.25) is 0 Å². The molecule has 2 aliphatic rings. The molecule has 0 amide bonds. The van der Waals surface area contributed by atoms with Gasteiger partial charge in [-0.05, 0) is 36.8 Å². The van der Waals surface area contributed by atoms with Crippen molar-refractivity contribution < 1.29 is 28.6 Å². The van der Waals surface area contributed by atoms with Crippen molar-refractivity contribution in [1.29, 1.82) is 0 Å².